The van der Waals surface area contributed by atoms with Crippen molar-refractivity contribution >= 4 is 21.8 Å². The van der Waals surface area contributed by atoms with Crippen LogP contribution in [0.2, 0.25) is 0 Å². The second-order valence-corrected chi connectivity index (χ2v) is 8.07. The van der Waals surface area contributed by atoms with Gasteiger partial charge < -0.3 is 5.32 Å². The van der Waals surface area contributed by atoms with E-state index >= 15 is 0 Å². The molecule has 0 radical (unpaired) electrons. The molecular formula is C14H22N2O2S2. The highest BCUT2D eigenvalue weighted by Crippen LogP contribution is 2.22. The van der Waals surface area contributed by atoms with Crippen LogP contribution in [0, 0.1) is 5.92 Å². The van der Waals surface area contributed by atoms with Gasteiger partial charge in [-0.25, -0.2) is 13.1 Å². The smallest absolute Gasteiger partial charge is 0.240 e. The fraction of sp³-hybridized carbons (Fsp3) is 0.571. The molecule has 0 saturated carbocycles. The quantitative estimate of drug-likeness (QED) is 0.841. The van der Waals surface area contributed by atoms with Gasteiger partial charge in [0.2, 0.25) is 10.0 Å². The Hall–Kier alpha value is -0.560. The van der Waals surface area contributed by atoms with Crippen molar-refractivity contribution in [1.82, 2.24) is 10.0 Å². The van der Waals surface area contributed by atoms with Crippen LogP contribution in [0.5, 0.6) is 0 Å². The lowest BCUT2D eigenvalue weighted by molar-refractivity contribution is 0.476. The van der Waals surface area contributed by atoms with Crippen LogP contribution in [-0.4, -0.2) is 33.5 Å². The zero-order chi connectivity index (χ0) is 14.4. The highest BCUT2D eigenvalue weighted by atomic mass is 32.2. The first-order valence-electron chi connectivity index (χ1n) is 6.93. The number of thioether (sulfide) groups is 1. The molecule has 0 bridgehead atoms. The Bertz CT molecular complexity index is 508. The Balaban J connectivity index is 1.94. The highest BCUT2D eigenvalue weighted by Gasteiger charge is 2.18. The zero-order valence-corrected chi connectivity index (χ0v) is 13.4. The lowest BCUT2D eigenvalue weighted by Crippen LogP contribution is -2.31. The van der Waals surface area contributed by atoms with E-state index < -0.39 is 10.0 Å². The van der Waals surface area contributed by atoms with Crippen molar-refractivity contribution in [2.75, 3.05) is 25.1 Å². The standard InChI is InChI=1S/C14H22N2O2S2/c1-15-10-12-2-4-14(5-3-12)20(17,18)16-11-13-6-8-19-9-7-13/h2-5,13,15-16H,6-11H2,1H3. The van der Waals surface area contributed by atoms with Crippen LogP contribution < -0.4 is 10.0 Å². The predicted octanol–water partition coefficient (Wildman–Crippen LogP) is 1.83. The minimum absolute atomic E-state index is 0.350. The van der Waals surface area contributed by atoms with Gasteiger partial charge in [0.05, 0.1) is 4.90 Å². The van der Waals surface area contributed by atoms with Gasteiger partial charge in [-0.3, -0.25) is 0 Å². The molecule has 1 aromatic carbocycles. The molecule has 20 heavy (non-hydrogen) atoms. The summed E-state index contributed by atoms with van der Waals surface area (Å²) in [6.45, 7) is 1.30. The molecule has 1 aliphatic heterocycles. The van der Waals surface area contributed by atoms with E-state index in [1.807, 2.05) is 30.9 Å². The molecule has 4 nitrogen and oxygen atoms in total. The largest absolute Gasteiger partial charge is 0.316 e. The normalized spacial score (nSPS) is 17.2. The van der Waals surface area contributed by atoms with E-state index in [9.17, 15) is 8.42 Å². The summed E-state index contributed by atoms with van der Waals surface area (Å²) in [6, 6.07) is 7.04. The van der Waals surface area contributed by atoms with Crippen LogP contribution in [-0.2, 0) is 16.6 Å². The van der Waals surface area contributed by atoms with Gasteiger partial charge in [0, 0.05) is 13.1 Å². The number of hydrogen-bond acceptors (Lipinski definition) is 4. The van der Waals surface area contributed by atoms with Crippen LogP contribution in [0.15, 0.2) is 29.2 Å². The summed E-state index contributed by atoms with van der Waals surface area (Å²) in [5.41, 5.74) is 1.08. The van der Waals surface area contributed by atoms with E-state index in [1.165, 1.54) is 0 Å². The molecule has 0 amide bonds. The van der Waals surface area contributed by atoms with Crippen molar-refractivity contribution in [3.63, 3.8) is 0 Å². The highest BCUT2D eigenvalue weighted by molar-refractivity contribution is 7.99. The Morgan fingerprint density at radius 1 is 1.20 bits per heavy atom. The van der Waals surface area contributed by atoms with Crippen LogP contribution in [0.1, 0.15) is 18.4 Å². The van der Waals surface area contributed by atoms with E-state index in [-0.39, 0.29) is 0 Å². The Kier molecular flexibility index (Phi) is 5.89. The summed E-state index contributed by atoms with van der Waals surface area (Å²) in [5.74, 6) is 2.77. The first-order valence-corrected chi connectivity index (χ1v) is 9.56. The minimum atomic E-state index is -3.37. The lowest BCUT2D eigenvalue weighted by Gasteiger charge is -2.21. The molecule has 1 heterocycles. The molecule has 1 fully saturated rings. The van der Waals surface area contributed by atoms with E-state index in [1.54, 1.807) is 12.1 Å². The number of nitrogens with one attached hydrogen (secondary N) is 2. The van der Waals surface area contributed by atoms with E-state index in [4.69, 9.17) is 0 Å². The van der Waals surface area contributed by atoms with Crippen molar-refractivity contribution in [3.8, 4) is 0 Å². The topological polar surface area (TPSA) is 58.2 Å². The monoisotopic (exact) mass is 314 g/mol. The summed E-state index contributed by atoms with van der Waals surface area (Å²) in [7, 11) is -1.50. The molecule has 1 aliphatic rings. The van der Waals surface area contributed by atoms with Crippen molar-refractivity contribution in [3.05, 3.63) is 29.8 Å². The first-order chi connectivity index (χ1) is 9.62. The third-order valence-corrected chi connectivity index (χ3v) is 6.01. The van der Waals surface area contributed by atoms with Gasteiger partial charge in [0.15, 0.2) is 0 Å². The average Bonchev–Trinajstić information content (AvgIpc) is 2.47. The van der Waals surface area contributed by atoms with Gasteiger partial charge in [-0.15, -0.1) is 0 Å². The maximum absolute atomic E-state index is 12.2. The van der Waals surface area contributed by atoms with Gasteiger partial charge >= 0.3 is 0 Å². The molecule has 0 aromatic heterocycles. The maximum atomic E-state index is 12.2. The van der Waals surface area contributed by atoms with Crippen LogP contribution >= 0.6 is 11.8 Å². The van der Waals surface area contributed by atoms with Gasteiger partial charge in [-0.1, -0.05) is 12.1 Å². The number of sulfonamides is 1. The Labute approximate surface area is 125 Å². The molecule has 0 aliphatic carbocycles. The fourth-order valence-corrected chi connectivity index (χ4v) is 4.57. The van der Waals surface area contributed by atoms with Gasteiger partial charge in [-0.2, -0.15) is 11.8 Å². The van der Waals surface area contributed by atoms with E-state index in [2.05, 4.69) is 10.0 Å². The third-order valence-electron chi connectivity index (χ3n) is 3.52. The zero-order valence-electron chi connectivity index (χ0n) is 11.8. The lowest BCUT2D eigenvalue weighted by atomic mass is 10.0. The molecule has 1 aromatic rings. The molecule has 2 rings (SSSR count). The van der Waals surface area contributed by atoms with Gasteiger partial charge in [0.25, 0.3) is 0 Å². The number of hydrogen-bond donors (Lipinski definition) is 2. The molecule has 0 atom stereocenters. The Morgan fingerprint density at radius 3 is 2.45 bits per heavy atom. The van der Waals surface area contributed by atoms with E-state index in [0.29, 0.717) is 17.4 Å². The van der Waals surface area contributed by atoms with Crippen LogP contribution in [0.25, 0.3) is 0 Å². The van der Waals surface area contributed by atoms with Crippen LogP contribution in [0.4, 0.5) is 0 Å². The second-order valence-electron chi connectivity index (χ2n) is 5.08. The number of benzene rings is 1. The number of rotatable bonds is 6. The van der Waals surface area contributed by atoms with Crippen molar-refractivity contribution in [2.45, 2.75) is 24.3 Å². The average molecular weight is 314 g/mol. The summed E-state index contributed by atoms with van der Waals surface area (Å²) in [6.07, 6.45) is 2.21. The van der Waals surface area contributed by atoms with Crippen molar-refractivity contribution < 1.29 is 8.42 Å². The third kappa shape index (κ3) is 4.48. The molecule has 112 valence electrons. The fourth-order valence-electron chi connectivity index (χ4n) is 2.25. The van der Waals surface area contributed by atoms with Gasteiger partial charge in [0.1, 0.15) is 0 Å². The first kappa shape index (κ1) is 15.8. The maximum Gasteiger partial charge on any atom is 0.240 e. The molecule has 1 saturated heterocycles. The van der Waals surface area contributed by atoms with E-state index in [0.717, 1.165) is 36.5 Å². The second kappa shape index (κ2) is 7.45. The SMILES string of the molecule is CNCc1ccc(S(=O)(=O)NCC2CCSCC2)cc1. The van der Waals surface area contributed by atoms with Crippen molar-refractivity contribution in [2.24, 2.45) is 5.92 Å². The summed E-state index contributed by atoms with van der Waals surface area (Å²) < 4.78 is 27.2. The summed E-state index contributed by atoms with van der Waals surface area (Å²) >= 11 is 1.95. The van der Waals surface area contributed by atoms with Crippen molar-refractivity contribution in [1.29, 1.82) is 0 Å². The minimum Gasteiger partial charge on any atom is -0.316 e. The molecule has 0 unspecified atom stereocenters. The predicted molar refractivity (Wildman–Crippen MR) is 84.4 cm³/mol. The summed E-state index contributed by atoms with van der Waals surface area (Å²) in [5, 5.41) is 3.04. The molecule has 2 N–H and O–H groups in total. The summed E-state index contributed by atoms with van der Waals surface area (Å²) in [4.78, 5) is 0.350. The Morgan fingerprint density at radius 2 is 1.85 bits per heavy atom. The van der Waals surface area contributed by atoms with Gasteiger partial charge in [-0.05, 0) is 55.0 Å². The molecule has 6 heteroatoms. The van der Waals surface area contributed by atoms with Crippen LogP contribution in [0.3, 0.4) is 0 Å². The molecular weight excluding hydrogens is 292 g/mol. The molecule has 0 spiro atoms.